The number of aryl methyl sites for hydroxylation is 2. The molecule has 1 fully saturated rings. The Kier molecular flexibility index (Phi) is 7.27. The van der Waals surface area contributed by atoms with Gasteiger partial charge in [0.05, 0.1) is 12.5 Å². The van der Waals surface area contributed by atoms with Crippen LogP contribution in [0.5, 0.6) is 0 Å². The number of hydrogen-bond donors (Lipinski definition) is 1. The first-order valence-electron chi connectivity index (χ1n) is 9.64. The minimum Gasteiger partial charge on any atom is -0.367 e. The van der Waals surface area contributed by atoms with Gasteiger partial charge in [0.25, 0.3) is 5.91 Å². The highest BCUT2D eigenvalue weighted by atomic mass is 32.2. The summed E-state index contributed by atoms with van der Waals surface area (Å²) in [7, 11) is 0. The summed E-state index contributed by atoms with van der Waals surface area (Å²) in [4.78, 5) is 27.2. The summed E-state index contributed by atoms with van der Waals surface area (Å²) in [5, 5.41) is 2.88. The molecule has 1 N–H and O–H groups in total. The maximum Gasteiger partial charge on any atom is 0.411 e. The smallest absolute Gasteiger partial charge is 0.367 e. The molecule has 1 aliphatic rings. The van der Waals surface area contributed by atoms with Crippen molar-refractivity contribution in [2.75, 3.05) is 23.6 Å². The lowest BCUT2D eigenvalue weighted by Gasteiger charge is -2.23. The first kappa shape index (κ1) is 23.1. The van der Waals surface area contributed by atoms with Crippen molar-refractivity contribution in [3.05, 3.63) is 64.7 Å². The van der Waals surface area contributed by atoms with Crippen molar-refractivity contribution in [3.63, 3.8) is 0 Å². The molecule has 0 saturated carbocycles. The van der Waals surface area contributed by atoms with Gasteiger partial charge in [-0.25, -0.2) is 0 Å². The van der Waals surface area contributed by atoms with E-state index in [9.17, 15) is 22.8 Å². The molecule has 2 aromatic rings. The Morgan fingerprint density at radius 3 is 2.48 bits per heavy atom. The van der Waals surface area contributed by atoms with Crippen LogP contribution in [0, 0.1) is 13.8 Å². The molecule has 3 rings (SSSR count). The molecule has 1 saturated heterocycles. The SMILES string of the molecule is Cc1ccc(NC(=O)C2CSCN2C(=O)c2ccc(COCC(F)(F)F)cc2)cc1C. The molecule has 1 heterocycles. The van der Waals surface area contributed by atoms with Crippen molar-refractivity contribution < 1.29 is 27.5 Å². The third-order valence-electron chi connectivity index (χ3n) is 4.96. The molecule has 0 bridgehead atoms. The van der Waals surface area contributed by atoms with E-state index in [2.05, 4.69) is 10.1 Å². The molecule has 0 aromatic heterocycles. The van der Waals surface area contributed by atoms with Gasteiger partial charge in [-0.05, 0) is 54.8 Å². The van der Waals surface area contributed by atoms with E-state index in [1.807, 2.05) is 32.0 Å². The number of anilines is 1. The summed E-state index contributed by atoms with van der Waals surface area (Å²) in [5.41, 5.74) is 3.76. The maximum atomic E-state index is 12.9. The maximum absolute atomic E-state index is 12.9. The van der Waals surface area contributed by atoms with Gasteiger partial charge in [0, 0.05) is 17.0 Å². The molecule has 31 heavy (non-hydrogen) atoms. The Morgan fingerprint density at radius 1 is 1.13 bits per heavy atom. The summed E-state index contributed by atoms with van der Waals surface area (Å²) < 4.78 is 41.1. The van der Waals surface area contributed by atoms with E-state index >= 15 is 0 Å². The number of nitrogens with zero attached hydrogens (tertiary/aromatic N) is 1. The molecule has 1 unspecified atom stereocenters. The Balaban J connectivity index is 1.62. The average molecular weight is 452 g/mol. The molecule has 2 aromatic carbocycles. The van der Waals surface area contributed by atoms with Crippen LogP contribution in [0.3, 0.4) is 0 Å². The van der Waals surface area contributed by atoms with Crippen LogP contribution >= 0.6 is 11.8 Å². The zero-order valence-electron chi connectivity index (χ0n) is 17.2. The van der Waals surface area contributed by atoms with E-state index in [4.69, 9.17) is 0 Å². The Bertz CT molecular complexity index is 948. The van der Waals surface area contributed by atoms with E-state index in [0.29, 0.717) is 28.4 Å². The van der Waals surface area contributed by atoms with Crippen LogP contribution in [0.1, 0.15) is 27.0 Å². The molecule has 0 radical (unpaired) electrons. The lowest BCUT2D eigenvalue weighted by Crippen LogP contribution is -2.44. The molecule has 2 amide bonds. The second-order valence-electron chi connectivity index (χ2n) is 7.38. The van der Waals surface area contributed by atoms with Gasteiger partial charge in [0.2, 0.25) is 5.91 Å². The Labute approximate surface area is 182 Å². The van der Waals surface area contributed by atoms with Crippen LogP contribution in [0.2, 0.25) is 0 Å². The van der Waals surface area contributed by atoms with Crippen molar-refractivity contribution in [1.82, 2.24) is 4.90 Å². The number of thioether (sulfide) groups is 1. The second kappa shape index (κ2) is 9.74. The highest BCUT2D eigenvalue weighted by Crippen LogP contribution is 2.25. The zero-order valence-corrected chi connectivity index (χ0v) is 18.0. The molecule has 1 aliphatic heterocycles. The van der Waals surface area contributed by atoms with E-state index < -0.39 is 18.8 Å². The second-order valence-corrected chi connectivity index (χ2v) is 8.38. The Morgan fingerprint density at radius 2 is 1.84 bits per heavy atom. The largest absolute Gasteiger partial charge is 0.411 e. The van der Waals surface area contributed by atoms with E-state index in [1.54, 1.807) is 12.1 Å². The third-order valence-corrected chi connectivity index (χ3v) is 5.97. The predicted molar refractivity (Wildman–Crippen MR) is 114 cm³/mol. The molecule has 166 valence electrons. The van der Waals surface area contributed by atoms with E-state index in [1.165, 1.54) is 28.8 Å². The summed E-state index contributed by atoms with van der Waals surface area (Å²) in [6, 6.07) is 11.2. The lowest BCUT2D eigenvalue weighted by atomic mass is 10.1. The number of benzene rings is 2. The van der Waals surface area contributed by atoms with Gasteiger partial charge < -0.3 is 15.0 Å². The first-order chi connectivity index (χ1) is 14.6. The standard InChI is InChI=1S/C22H23F3N2O3S/c1-14-3-8-18(9-15(14)2)26-20(28)19-11-31-13-27(19)21(29)17-6-4-16(5-7-17)10-30-12-22(23,24)25/h3-9,19H,10-13H2,1-2H3,(H,26,28). The fraction of sp³-hybridized carbons (Fsp3) is 0.364. The number of carbonyl (C=O) groups is 2. The summed E-state index contributed by atoms with van der Waals surface area (Å²) in [5.74, 6) is 0.332. The van der Waals surface area contributed by atoms with Crippen LogP contribution in [-0.4, -0.2) is 47.2 Å². The van der Waals surface area contributed by atoms with Gasteiger partial charge in [-0.1, -0.05) is 18.2 Å². The van der Waals surface area contributed by atoms with Crippen LogP contribution in [0.4, 0.5) is 18.9 Å². The fourth-order valence-electron chi connectivity index (χ4n) is 3.10. The van der Waals surface area contributed by atoms with Crippen LogP contribution in [0.15, 0.2) is 42.5 Å². The first-order valence-corrected chi connectivity index (χ1v) is 10.8. The molecule has 1 atom stereocenters. The minimum atomic E-state index is -4.38. The lowest BCUT2D eigenvalue weighted by molar-refractivity contribution is -0.176. The van der Waals surface area contributed by atoms with E-state index in [0.717, 1.165) is 11.1 Å². The number of nitrogens with one attached hydrogen (secondary N) is 1. The molecule has 9 heteroatoms. The van der Waals surface area contributed by atoms with Gasteiger partial charge in [-0.3, -0.25) is 9.59 Å². The van der Waals surface area contributed by atoms with Gasteiger partial charge in [0.1, 0.15) is 12.6 Å². The molecule has 0 aliphatic carbocycles. The number of ether oxygens (including phenoxy) is 1. The van der Waals surface area contributed by atoms with Crippen molar-refractivity contribution in [2.45, 2.75) is 32.7 Å². The molecular formula is C22H23F3N2O3S. The van der Waals surface area contributed by atoms with Crippen LogP contribution in [-0.2, 0) is 16.1 Å². The summed E-state index contributed by atoms with van der Waals surface area (Å²) in [6.45, 7) is 2.43. The van der Waals surface area contributed by atoms with Gasteiger partial charge in [-0.15, -0.1) is 11.8 Å². The summed E-state index contributed by atoms with van der Waals surface area (Å²) >= 11 is 1.49. The molecular weight excluding hydrogens is 429 g/mol. The van der Waals surface area contributed by atoms with Crippen molar-refractivity contribution >= 4 is 29.3 Å². The third kappa shape index (κ3) is 6.24. The number of hydrogen-bond acceptors (Lipinski definition) is 4. The monoisotopic (exact) mass is 452 g/mol. The number of halogens is 3. The van der Waals surface area contributed by atoms with Crippen molar-refractivity contribution in [1.29, 1.82) is 0 Å². The highest BCUT2D eigenvalue weighted by Gasteiger charge is 2.35. The topological polar surface area (TPSA) is 58.6 Å². The molecule has 0 spiro atoms. The van der Waals surface area contributed by atoms with Crippen LogP contribution < -0.4 is 5.32 Å². The van der Waals surface area contributed by atoms with Crippen LogP contribution in [0.25, 0.3) is 0 Å². The average Bonchev–Trinajstić information content (AvgIpc) is 3.20. The summed E-state index contributed by atoms with van der Waals surface area (Å²) in [6.07, 6.45) is -4.38. The quantitative estimate of drug-likeness (QED) is 0.700. The molecule has 5 nitrogen and oxygen atoms in total. The number of amides is 2. The normalized spacial score (nSPS) is 16.4. The van der Waals surface area contributed by atoms with Gasteiger partial charge >= 0.3 is 6.18 Å². The number of carbonyl (C=O) groups excluding carboxylic acids is 2. The van der Waals surface area contributed by atoms with Crippen molar-refractivity contribution in [3.8, 4) is 0 Å². The zero-order chi connectivity index (χ0) is 22.6. The predicted octanol–water partition coefficient (Wildman–Crippen LogP) is 4.54. The fourth-order valence-corrected chi connectivity index (χ4v) is 4.25. The van der Waals surface area contributed by atoms with Gasteiger partial charge in [0.15, 0.2) is 0 Å². The van der Waals surface area contributed by atoms with E-state index in [-0.39, 0.29) is 18.4 Å². The highest BCUT2D eigenvalue weighted by molar-refractivity contribution is 7.99. The minimum absolute atomic E-state index is 0.200. The Hall–Kier alpha value is -2.52. The number of alkyl halides is 3. The van der Waals surface area contributed by atoms with Gasteiger partial charge in [-0.2, -0.15) is 13.2 Å². The number of rotatable bonds is 6. The van der Waals surface area contributed by atoms with Crippen molar-refractivity contribution in [2.24, 2.45) is 0 Å².